The topological polar surface area (TPSA) is 95.9 Å². The van der Waals surface area contributed by atoms with Crippen LogP contribution in [0.2, 0.25) is 0 Å². The number of ether oxygens (including phenoxy) is 1. The van der Waals surface area contributed by atoms with Crippen LogP contribution in [0.1, 0.15) is 79.3 Å². The van der Waals surface area contributed by atoms with Gasteiger partial charge in [-0.1, -0.05) is 6.42 Å². The molecule has 2 rings (SSSR count). The summed E-state index contributed by atoms with van der Waals surface area (Å²) in [5.41, 5.74) is 0.686. The average Bonchev–Trinajstić information content (AvgIpc) is 2.99. The van der Waals surface area contributed by atoms with Crippen LogP contribution in [0.15, 0.2) is 4.99 Å². The Hall–Kier alpha value is -1.43. The molecule has 31 heavy (non-hydrogen) atoms. The van der Waals surface area contributed by atoms with E-state index in [-0.39, 0.29) is 41.9 Å². The number of carbonyl (C=O) groups is 2. The van der Waals surface area contributed by atoms with Crippen molar-refractivity contribution in [3.8, 4) is 0 Å². The lowest BCUT2D eigenvalue weighted by Gasteiger charge is -2.20. The number of likely N-dealkylation sites (tertiary alicyclic amines) is 1. The van der Waals surface area contributed by atoms with Gasteiger partial charge in [-0.05, 0) is 47.0 Å². The van der Waals surface area contributed by atoms with Crippen molar-refractivity contribution in [2.75, 3.05) is 32.8 Å². The van der Waals surface area contributed by atoms with Crippen molar-refractivity contribution >= 4 is 53.1 Å². The molecule has 0 aliphatic carbocycles. The van der Waals surface area contributed by atoms with Crippen molar-refractivity contribution in [2.24, 2.45) is 4.99 Å². The Bertz CT molecular complexity index is 741. The Kier molecular flexibility index (Phi) is 13.0. The molecular formula is C21H36IN5O3S. The van der Waals surface area contributed by atoms with Gasteiger partial charge in [0.05, 0.1) is 18.3 Å². The second-order valence-corrected chi connectivity index (χ2v) is 8.39. The zero-order chi connectivity index (χ0) is 21.9. The largest absolute Gasteiger partial charge is 0.462 e. The number of thiazole rings is 1. The number of guanidine groups is 1. The molecule has 0 spiro atoms. The minimum Gasteiger partial charge on any atom is -0.462 e. The van der Waals surface area contributed by atoms with Crippen molar-refractivity contribution in [1.82, 2.24) is 20.5 Å². The molecule has 1 saturated heterocycles. The number of aryl methyl sites for hydroxylation is 1. The summed E-state index contributed by atoms with van der Waals surface area (Å²) in [7, 11) is 0. The van der Waals surface area contributed by atoms with Gasteiger partial charge in [-0.3, -0.25) is 9.79 Å². The first-order valence-electron chi connectivity index (χ1n) is 10.9. The van der Waals surface area contributed by atoms with Crippen LogP contribution in [-0.2, 0) is 9.53 Å². The molecule has 1 aliphatic heterocycles. The van der Waals surface area contributed by atoms with Gasteiger partial charge in [0, 0.05) is 32.6 Å². The third-order valence-electron chi connectivity index (χ3n) is 4.87. The number of rotatable bonds is 9. The van der Waals surface area contributed by atoms with Crippen LogP contribution in [0.25, 0.3) is 0 Å². The van der Waals surface area contributed by atoms with Gasteiger partial charge < -0.3 is 20.3 Å². The van der Waals surface area contributed by atoms with E-state index in [1.165, 1.54) is 11.3 Å². The SMILES string of the molecule is CCNC(=NCCCN1CCCCCC1=O)NC(C)c1nc(C)c(C(=O)OCC)s1.I. The minimum atomic E-state index is -0.324. The fraction of sp³-hybridized carbons (Fsp3) is 0.714. The predicted molar refractivity (Wildman–Crippen MR) is 135 cm³/mol. The van der Waals surface area contributed by atoms with E-state index in [1.54, 1.807) is 6.92 Å². The lowest BCUT2D eigenvalue weighted by Crippen LogP contribution is -2.39. The first kappa shape index (κ1) is 27.6. The fourth-order valence-electron chi connectivity index (χ4n) is 3.30. The van der Waals surface area contributed by atoms with Gasteiger partial charge in [-0.25, -0.2) is 9.78 Å². The molecule has 2 N–H and O–H groups in total. The highest BCUT2D eigenvalue weighted by Crippen LogP contribution is 2.24. The molecule has 176 valence electrons. The summed E-state index contributed by atoms with van der Waals surface area (Å²) in [6, 6.07) is -0.0955. The van der Waals surface area contributed by atoms with Gasteiger partial charge in [0.15, 0.2) is 5.96 Å². The zero-order valence-electron chi connectivity index (χ0n) is 19.0. The lowest BCUT2D eigenvalue weighted by molar-refractivity contribution is -0.130. The van der Waals surface area contributed by atoms with E-state index < -0.39 is 0 Å². The molecule has 1 unspecified atom stereocenters. The highest BCUT2D eigenvalue weighted by atomic mass is 127. The van der Waals surface area contributed by atoms with Gasteiger partial charge >= 0.3 is 5.97 Å². The molecule has 10 heteroatoms. The van der Waals surface area contributed by atoms with Gasteiger partial charge in [0.2, 0.25) is 5.91 Å². The number of esters is 1. The van der Waals surface area contributed by atoms with Crippen LogP contribution < -0.4 is 10.6 Å². The van der Waals surface area contributed by atoms with Crippen molar-refractivity contribution in [3.05, 3.63) is 15.6 Å². The highest BCUT2D eigenvalue weighted by molar-refractivity contribution is 14.0. The lowest BCUT2D eigenvalue weighted by atomic mass is 10.2. The van der Waals surface area contributed by atoms with Crippen LogP contribution in [0, 0.1) is 6.92 Å². The maximum absolute atomic E-state index is 12.1. The Morgan fingerprint density at radius 1 is 1.32 bits per heavy atom. The predicted octanol–water partition coefficient (Wildman–Crippen LogP) is 3.66. The maximum Gasteiger partial charge on any atom is 0.350 e. The van der Waals surface area contributed by atoms with E-state index in [2.05, 4.69) is 20.6 Å². The third-order valence-corrected chi connectivity index (χ3v) is 6.19. The van der Waals surface area contributed by atoms with Crippen molar-refractivity contribution in [2.45, 2.75) is 65.8 Å². The fourth-order valence-corrected chi connectivity index (χ4v) is 4.27. The van der Waals surface area contributed by atoms with Crippen LogP contribution in [0.3, 0.4) is 0 Å². The van der Waals surface area contributed by atoms with Crippen LogP contribution in [-0.4, -0.2) is 60.5 Å². The molecule has 1 atom stereocenters. The van der Waals surface area contributed by atoms with Crippen LogP contribution >= 0.6 is 35.3 Å². The monoisotopic (exact) mass is 565 g/mol. The normalized spacial score (nSPS) is 15.7. The number of nitrogens with one attached hydrogen (secondary N) is 2. The minimum absolute atomic E-state index is 0. The number of amides is 1. The van der Waals surface area contributed by atoms with E-state index in [1.807, 2.05) is 25.7 Å². The Balaban J connectivity index is 0.00000480. The van der Waals surface area contributed by atoms with Gasteiger partial charge in [-0.15, -0.1) is 35.3 Å². The van der Waals surface area contributed by atoms with Gasteiger partial charge in [0.25, 0.3) is 0 Å². The summed E-state index contributed by atoms with van der Waals surface area (Å²) in [4.78, 5) is 35.8. The number of carbonyl (C=O) groups excluding carboxylic acids is 2. The molecule has 0 radical (unpaired) electrons. The zero-order valence-corrected chi connectivity index (χ0v) is 22.2. The van der Waals surface area contributed by atoms with Gasteiger partial charge in [-0.2, -0.15) is 0 Å². The highest BCUT2D eigenvalue weighted by Gasteiger charge is 2.20. The smallest absolute Gasteiger partial charge is 0.350 e. The van der Waals surface area contributed by atoms with E-state index in [0.717, 1.165) is 50.3 Å². The Morgan fingerprint density at radius 3 is 2.81 bits per heavy atom. The van der Waals surface area contributed by atoms with E-state index in [9.17, 15) is 9.59 Å². The molecule has 1 aromatic rings. The van der Waals surface area contributed by atoms with Crippen molar-refractivity contribution in [3.63, 3.8) is 0 Å². The van der Waals surface area contributed by atoms with Crippen LogP contribution in [0.4, 0.5) is 0 Å². The summed E-state index contributed by atoms with van der Waals surface area (Å²) >= 11 is 1.35. The number of hydrogen-bond donors (Lipinski definition) is 2. The molecule has 1 fully saturated rings. The molecular weight excluding hydrogens is 529 g/mol. The summed E-state index contributed by atoms with van der Waals surface area (Å²) in [6.07, 6.45) is 4.75. The van der Waals surface area contributed by atoms with Crippen LogP contribution in [0.5, 0.6) is 0 Å². The van der Waals surface area contributed by atoms with Gasteiger partial charge in [0.1, 0.15) is 9.88 Å². The third kappa shape index (κ3) is 8.91. The molecule has 1 amide bonds. The quantitative estimate of drug-likeness (QED) is 0.156. The second-order valence-electron chi connectivity index (χ2n) is 7.36. The number of halogens is 1. The van der Waals surface area contributed by atoms with E-state index in [4.69, 9.17) is 4.74 Å². The second kappa shape index (κ2) is 14.6. The maximum atomic E-state index is 12.1. The summed E-state index contributed by atoms with van der Waals surface area (Å²) in [5, 5.41) is 7.42. The number of aliphatic imine (C=N–C) groups is 1. The Labute approximate surface area is 206 Å². The molecule has 0 aromatic carbocycles. The molecule has 0 bridgehead atoms. The van der Waals surface area contributed by atoms with E-state index >= 15 is 0 Å². The molecule has 0 saturated carbocycles. The summed E-state index contributed by atoms with van der Waals surface area (Å²) < 4.78 is 5.10. The number of aromatic nitrogens is 1. The number of hydrogen-bond acceptors (Lipinski definition) is 6. The van der Waals surface area contributed by atoms with E-state index in [0.29, 0.717) is 36.1 Å². The first-order valence-corrected chi connectivity index (χ1v) is 11.7. The summed E-state index contributed by atoms with van der Waals surface area (Å²) in [5.74, 6) is 0.652. The molecule has 8 nitrogen and oxygen atoms in total. The van der Waals surface area contributed by atoms with Crippen molar-refractivity contribution < 1.29 is 14.3 Å². The first-order chi connectivity index (χ1) is 14.5. The standard InChI is InChI=1S/C21H35N5O3S.HI/c1-5-22-21(23-12-10-14-26-13-9-7-8-11-17(26)27)25-16(4)19-24-15(3)18(30-19)20(28)29-6-2;/h16H,5-14H2,1-4H3,(H2,22,23,25);1H. The number of nitrogens with zero attached hydrogens (tertiary/aromatic N) is 3. The summed E-state index contributed by atoms with van der Waals surface area (Å²) in [6.45, 7) is 11.0. The molecule has 1 aliphatic rings. The molecule has 2 heterocycles. The van der Waals surface area contributed by atoms with Crippen molar-refractivity contribution in [1.29, 1.82) is 0 Å². The average molecular weight is 566 g/mol. The Morgan fingerprint density at radius 2 is 2.10 bits per heavy atom. The molecule has 1 aromatic heterocycles.